The highest BCUT2D eigenvalue weighted by atomic mass is 16.2. The Morgan fingerprint density at radius 2 is 1.94 bits per heavy atom. The quantitative estimate of drug-likeness (QED) is 0.720. The van der Waals surface area contributed by atoms with Crippen LogP contribution >= 0.6 is 0 Å². The summed E-state index contributed by atoms with van der Waals surface area (Å²) in [5.74, 6) is 1.37. The minimum Gasteiger partial charge on any atom is -0.303 e. The van der Waals surface area contributed by atoms with Crippen LogP contribution in [0.2, 0.25) is 0 Å². The van der Waals surface area contributed by atoms with Crippen molar-refractivity contribution in [2.75, 3.05) is 7.05 Å². The molecule has 0 aromatic rings. The van der Waals surface area contributed by atoms with Gasteiger partial charge in [-0.1, -0.05) is 13.8 Å². The van der Waals surface area contributed by atoms with Gasteiger partial charge in [-0.2, -0.15) is 0 Å². The van der Waals surface area contributed by atoms with Crippen LogP contribution in [0.5, 0.6) is 0 Å². The second-order valence-corrected chi connectivity index (χ2v) is 5.39. The number of hydrogen-bond acceptors (Lipinski definition) is 3. The molecule has 1 unspecified atom stereocenters. The second kappa shape index (κ2) is 4.17. The highest BCUT2D eigenvalue weighted by molar-refractivity contribution is 6.05. The van der Waals surface area contributed by atoms with Crippen LogP contribution in [0.4, 0.5) is 0 Å². The fourth-order valence-corrected chi connectivity index (χ4v) is 2.51. The molecule has 1 atom stereocenters. The van der Waals surface area contributed by atoms with E-state index in [1.807, 2.05) is 0 Å². The Morgan fingerprint density at radius 3 is 2.38 bits per heavy atom. The first-order chi connectivity index (χ1) is 7.49. The van der Waals surface area contributed by atoms with Crippen LogP contribution in [0.3, 0.4) is 0 Å². The molecule has 1 aliphatic carbocycles. The normalized spacial score (nSPS) is 34.8. The molecule has 2 aliphatic rings. The summed E-state index contributed by atoms with van der Waals surface area (Å²) in [6, 6.07) is 0.163. The van der Waals surface area contributed by atoms with Crippen LogP contribution in [-0.4, -0.2) is 35.8 Å². The maximum Gasteiger partial charge on any atom is 0.246 e. The molecular formula is C12H20N2O2. The van der Waals surface area contributed by atoms with Crippen molar-refractivity contribution in [3.05, 3.63) is 0 Å². The van der Waals surface area contributed by atoms with E-state index in [0.29, 0.717) is 12.5 Å². The molecule has 4 heteroatoms. The zero-order valence-electron chi connectivity index (χ0n) is 10.2. The number of nitrogens with one attached hydrogen (secondary N) is 1. The average molecular weight is 224 g/mol. The summed E-state index contributed by atoms with van der Waals surface area (Å²) in [5.41, 5.74) is 0. The summed E-state index contributed by atoms with van der Waals surface area (Å²) in [4.78, 5) is 24.2. The molecular weight excluding hydrogens is 204 g/mol. The van der Waals surface area contributed by atoms with Gasteiger partial charge >= 0.3 is 0 Å². The lowest BCUT2D eigenvalue weighted by atomic mass is 9.73. The highest BCUT2D eigenvalue weighted by Crippen LogP contribution is 2.34. The van der Waals surface area contributed by atoms with Crippen molar-refractivity contribution >= 4 is 11.8 Å². The van der Waals surface area contributed by atoms with E-state index in [1.165, 1.54) is 4.90 Å². The number of hydrogen-bond donors (Lipinski definition) is 1. The molecule has 0 spiro atoms. The minimum absolute atomic E-state index is 0.0674. The van der Waals surface area contributed by atoms with E-state index < -0.39 is 0 Å². The fourth-order valence-electron chi connectivity index (χ4n) is 2.51. The average Bonchev–Trinajstić information content (AvgIpc) is 2.38. The Morgan fingerprint density at radius 1 is 1.31 bits per heavy atom. The van der Waals surface area contributed by atoms with Crippen molar-refractivity contribution in [2.24, 2.45) is 11.8 Å². The SMILES string of the molecule is CC(C)C1CC(NC2CC(=O)N(C)C2=O)C1. The van der Waals surface area contributed by atoms with Crippen LogP contribution in [0.1, 0.15) is 33.1 Å². The van der Waals surface area contributed by atoms with Crippen molar-refractivity contribution in [3.63, 3.8) is 0 Å². The molecule has 16 heavy (non-hydrogen) atoms. The number of likely N-dealkylation sites (N-methyl/N-ethyl adjacent to an activating group) is 1. The van der Waals surface area contributed by atoms with Gasteiger partial charge in [-0.15, -0.1) is 0 Å². The van der Waals surface area contributed by atoms with Gasteiger partial charge in [-0.25, -0.2) is 0 Å². The molecule has 4 nitrogen and oxygen atoms in total. The third-order valence-electron chi connectivity index (χ3n) is 3.94. The van der Waals surface area contributed by atoms with Gasteiger partial charge in [0.15, 0.2) is 0 Å². The van der Waals surface area contributed by atoms with Crippen LogP contribution in [-0.2, 0) is 9.59 Å². The summed E-state index contributed by atoms with van der Waals surface area (Å²) in [6.07, 6.45) is 2.61. The number of nitrogens with zero attached hydrogens (tertiary/aromatic N) is 1. The highest BCUT2D eigenvalue weighted by Gasteiger charge is 2.40. The Kier molecular flexibility index (Phi) is 3.02. The van der Waals surface area contributed by atoms with Gasteiger partial charge in [0.05, 0.1) is 12.5 Å². The van der Waals surface area contributed by atoms with Crippen LogP contribution in [0.15, 0.2) is 0 Å². The lowest BCUT2D eigenvalue weighted by Gasteiger charge is -2.39. The van der Waals surface area contributed by atoms with Gasteiger partial charge in [-0.3, -0.25) is 14.5 Å². The summed E-state index contributed by atoms with van der Waals surface area (Å²) in [5, 5.41) is 3.30. The molecule has 0 aromatic carbocycles. The first kappa shape index (κ1) is 11.6. The van der Waals surface area contributed by atoms with Crippen molar-refractivity contribution in [2.45, 2.75) is 45.2 Å². The number of carbonyl (C=O) groups excluding carboxylic acids is 2. The van der Waals surface area contributed by atoms with Crippen molar-refractivity contribution in [1.29, 1.82) is 0 Å². The summed E-state index contributed by atoms with van der Waals surface area (Å²) in [6.45, 7) is 4.47. The predicted molar refractivity (Wildman–Crippen MR) is 60.7 cm³/mol. The molecule has 0 radical (unpaired) electrons. The maximum absolute atomic E-state index is 11.6. The molecule has 0 aromatic heterocycles. The first-order valence-electron chi connectivity index (χ1n) is 6.05. The maximum atomic E-state index is 11.6. The summed E-state index contributed by atoms with van der Waals surface area (Å²) in [7, 11) is 1.56. The number of carbonyl (C=O) groups is 2. The van der Waals surface area contributed by atoms with Gasteiger partial charge in [0.25, 0.3) is 0 Å². The molecule has 1 heterocycles. The van der Waals surface area contributed by atoms with E-state index in [-0.39, 0.29) is 17.9 Å². The molecule has 90 valence electrons. The molecule has 2 amide bonds. The Balaban J connectivity index is 1.80. The van der Waals surface area contributed by atoms with E-state index in [1.54, 1.807) is 7.05 Å². The van der Waals surface area contributed by atoms with Gasteiger partial charge in [-0.05, 0) is 24.7 Å². The number of amides is 2. The van der Waals surface area contributed by atoms with Crippen LogP contribution < -0.4 is 5.32 Å². The standard InChI is InChI=1S/C12H20N2O2/c1-7(2)8-4-9(5-8)13-10-6-11(15)14(3)12(10)16/h7-10,13H,4-6H2,1-3H3. The van der Waals surface area contributed by atoms with E-state index in [0.717, 1.165) is 24.7 Å². The second-order valence-electron chi connectivity index (χ2n) is 5.39. The van der Waals surface area contributed by atoms with Crippen molar-refractivity contribution in [3.8, 4) is 0 Å². The van der Waals surface area contributed by atoms with E-state index in [4.69, 9.17) is 0 Å². The lowest BCUT2D eigenvalue weighted by molar-refractivity contribution is -0.137. The summed E-state index contributed by atoms with van der Waals surface area (Å²) < 4.78 is 0. The Bertz CT molecular complexity index is 308. The van der Waals surface area contributed by atoms with Gasteiger partial charge in [0, 0.05) is 13.1 Å². The van der Waals surface area contributed by atoms with Crippen molar-refractivity contribution < 1.29 is 9.59 Å². The van der Waals surface area contributed by atoms with Crippen LogP contribution in [0.25, 0.3) is 0 Å². The van der Waals surface area contributed by atoms with Crippen molar-refractivity contribution in [1.82, 2.24) is 10.2 Å². The van der Waals surface area contributed by atoms with Gasteiger partial charge in [0.2, 0.25) is 11.8 Å². The minimum atomic E-state index is -0.268. The smallest absolute Gasteiger partial charge is 0.246 e. The molecule has 1 saturated carbocycles. The fraction of sp³-hybridized carbons (Fsp3) is 0.833. The first-order valence-corrected chi connectivity index (χ1v) is 6.05. The zero-order chi connectivity index (χ0) is 11.9. The number of rotatable bonds is 3. The lowest BCUT2D eigenvalue weighted by Crippen LogP contribution is -2.49. The Hall–Kier alpha value is -0.900. The van der Waals surface area contributed by atoms with Gasteiger partial charge in [0.1, 0.15) is 0 Å². The molecule has 0 bridgehead atoms. The Labute approximate surface area is 96.4 Å². The number of imide groups is 1. The van der Waals surface area contributed by atoms with E-state index >= 15 is 0 Å². The van der Waals surface area contributed by atoms with Gasteiger partial charge < -0.3 is 5.32 Å². The zero-order valence-corrected chi connectivity index (χ0v) is 10.2. The number of likely N-dealkylation sites (tertiary alicyclic amines) is 1. The monoisotopic (exact) mass is 224 g/mol. The largest absolute Gasteiger partial charge is 0.303 e. The third kappa shape index (κ3) is 1.98. The molecule has 2 rings (SSSR count). The topological polar surface area (TPSA) is 49.4 Å². The van der Waals surface area contributed by atoms with E-state index in [2.05, 4.69) is 19.2 Å². The van der Waals surface area contributed by atoms with E-state index in [9.17, 15) is 9.59 Å². The van der Waals surface area contributed by atoms with Crippen LogP contribution in [0, 0.1) is 11.8 Å². The molecule has 1 saturated heterocycles. The molecule has 2 fully saturated rings. The summed E-state index contributed by atoms with van der Waals surface area (Å²) >= 11 is 0. The molecule has 1 aliphatic heterocycles. The third-order valence-corrected chi connectivity index (χ3v) is 3.94. The molecule has 1 N–H and O–H groups in total. The predicted octanol–water partition coefficient (Wildman–Crippen LogP) is 0.768.